The zero-order chi connectivity index (χ0) is 27.4. The molecule has 1 amide bonds. The van der Waals surface area contributed by atoms with Crippen LogP contribution in [0.5, 0.6) is 5.75 Å². The molecule has 5 rings (SSSR count). The average molecular weight is 546 g/mol. The summed E-state index contributed by atoms with van der Waals surface area (Å²) in [4.78, 5) is 32.1. The Morgan fingerprint density at radius 3 is 2.41 bits per heavy atom. The number of nitrogens with zero attached hydrogens (tertiary/aromatic N) is 3. The van der Waals surface area contributed by atoms with Crippen LogP contribution >= 0.6 is 11.6 Å². The summed E-state index contributed by atoms with van der Waals surface area (Å²) in [5, 5.41) is 0.676. The zero-order valence-corrected chi connectivity index (χ0v) is 23.0. The van der Waals surface area contributed by atoms with Crippen molar-refractivity contribution in [3.63, 3.8) is 0 Å². The van der Waals surface area contributed by atoms with E-state index >= 15 is 0 Å². The summed E-state index contributed by atoms with van der Waals surface area (Å²) in [7, 11) is 1.64. The quantitative estimate of drug-likeness (QED) is 0.251. The van der Waals surface area contributed by atoms with Gasteiger partial charge in [0.05, 0.1) is 31.0 Å². The van der Waals surface area contributed by atoms with Crippen LogP contribution in [0.1, 0.15) is 31.9 Å². The van der Waals surface area contributed by atoms with Crippen LogP contribution in [0.25, 0.3) is 28.0 Å². The van der Waals surface area contributed by atoms with Crippen LogP contribution in [-0.2, 0) is 20.7 Å². The molecule has 4 aromatic rings. The fourth-order valence-electron chi connectivity index (χ4n) is 5.18. The highest BCUT2D eigenvalue weighted by Crippen LogP contribution is 2.32. The summed E-state index contributed by atoms with van der Waals surface area (Å²) >= 11 is 6.50. The number of fused-ring (bicyclic) bond motifs is 1. The van der Waals surface area contributed by atoms with Crippen molar-refractivity contribution >= 4 is 29.1 Å². The first-order valence-electron chi connectivity index (χ1n) is 13.3. The molecule has 8 heteroatoms. The molecular formula is C31H32ClN3O4. The van der Waals surface area contributed by atoms with E-state index in [0.717, 1.165) is 39.5 Å². The van der Waals surface area contributed by atoms with E-state index in [1.165, 1.54) is 0 Å². The summed E-state index contributed by atoms with van der Waals surface area (Å²) in [6.45, 7) is 3.33. The Balaban J connectivity index is 1.42. The smallest absolute Gasteiger partial charge is 0.309 e. The monoisotopic (exact) mass is 545 g/mol. The first-order chi connectivity index (χ1) is 19.0. The van der Waals surface area contributed by atoms with Crippen LogP contribution in [0, 0.1) is 5.92 Å². The van der Waals surface area contributed by atoms with Crippen LogP contribution < -0.4 is 4.74 Å². The molecule has 1 aliphatic rings. The molecule has 39 heavy (non-hydrogen) atoms. The number of benzene rings is 2. The maximum atomic E-state index is 13.2. The number of carbonyl (C=O) groups is 2. The molecule has 0 saturated carbocycles. The number of hydrogen-bond donors (Lipinski definition) is 0. The summed E-state index contributed by atoms with van der Waals surface area (Å²) in [6.07, 6.45) is 4.18. The number of pyridine rings is 1. The van der Waals surface area contributed by atoms with E-state index in [4.69, 9.17) is 26.1 Å². The lowest BCUT2D eigenvalue weighted by atomic mass is 9.96. The number of esters is 1. The topological polar surface area (TPSA) is 73.1 Å². The van der Waals surface area contributed by atoms with Gasteiger partial charge in [-0.2, -0.15) is 0 Å². The third kappa shape index (κ3) is 5.78. The van der Waals surface area contributed by atoms with E-state index in [1.807, 2.05) is 78.7 Å². The molecule has 7 nitrogen and oxygen atoms in total. The molecule has 2 aromatic carbocycles. The second kappa shape index (κ2) is 11.9. The van der Waals surface area contributed by atoms with Gasteiger partial charge < -0.3 is 18.8 Å². The Morgan fingerprint density at radius 2 is 1.72 bits per heavy atom. The number of amides is 1. The number of carbonyl (C=O) groups excluding carboxylic acids is 2. The summed E-state index contributed by atoms with van der Waals surface area (Å²) in [5.74, 6) is 0.563. The number of likely N-dealkylation sites (tertiary alicyclic amines) is 1. The highest BCUT2D eigenvalue weighted by molar-refractivity contribution is 6.33. The van der Waals surface area contributed by atoms with E-state index in [-0.39, 0.29) is 17.8 Å². The number of rotatable bonds is 8. The van der Waals surface area contributed by atoms with Gasteiger partial charge in [0.2, 0.25) is 5.91 Å². The largest absolute Gasteiger partial charge is 0.497 e. The minimum Gasteiger partial charge on any atom is -0.497 e. The number of hydrogen-bond acceptors (Lipinski definition) is 5. The fourth-order valence-corrected chi connectivity index (χ4v) is 5.42. The standard InChI is InChI=1S/C31H32ClN3O4/c1-3-39-31(37)22-16-18-34(19-17-22)29(36)15-13-27-30(21-8-11-24(38-2)12-9-21)33-28-14-10-23(20-35(27)28)25-6-4-5-7-26(25)32/h4-12,14,20,22H,3,13,15-19H2,1-2H3. The minimum absolute atomic E-state index is 0.0789. The van der Waals surface area contributed by atoms with Gasteiger partial charge in [0, 0.05) is 41.9 Å². The predicted molar refractivity (Wildman–Crippen MR) is 152 cm³/mol. The average Bonchev–Trinajstić information content (AvgIpc) is 3.34. The number of imidazole rings is 1. The SMILES string of the molecule is CCOC(=O)C1CCN(C(=O)CCc2c(-c3ccc(OC)cc3)nc3ccc(-c4ccccc4Cl)cn23)CC1. The van der Waals surface area contributed by atoms with Gasteiger partial charge >= 0.3 is 5.97 Å². The Kier molecular flexibility index (Phi) is 8.17. The second-order valence-electron chi connectivity index (χ2n) is 9.67. The van der Waals surface area contributed by atoms with Gasteiger partial charge in [-0.25, -0.2) is 4.98 Å². The van der Waals surface area contributed by atoms with Crippen LogP contribution in [-0.4, -0.2) is 53.0 Å². The maximum absolute atomic E-state index is 13.2. The first kappa shape index (κ1) is 26.8. The summed E-state index contributed by atoms with van der Waals surface area (Å²) < 4.78 is 12.6. The molecule has 3 heterocycles. The van der Waals surface area contributed by atoms with Crippen molar-refractivity contribution in [2.45, 2.75) is 32.6 Å². The van der Waals surface area contributed by atoms with Crippen molar-refractivity contribution in [2.75, 3.05) is 26.8 Å². The Morgan fingerprint density at radius 1 is 1.00 bits per heavy atom. The summed E-state index contributed by atoms with van der Waals surface area (Å²) in [5.41, 5.74) is 5.46. The van der Waals surface area contributed by atoms with E-state index in [2.05, 4.69) is 4.40 Å². The molecule has 1 aliphatic heterocycles. The van der Waals surface area contributed by atoms with Crippen molar-refractivity contribution in [2.24, 2.45) is 5.92 Å². The van der Waals surface area contributed by atoms with Crippen molar-refractivity contribution in [3.05, 3.63) is 77.6 Å². The van der Waals surface area contributed by atoms with Crippen molar-refractivity contribution in [3.8, 4) is 28.1 Å². The van der Waals surface area contributed by atoms with E-state index in [9.17, 15) is 9.59 Å². The molecule has 0 radical (unpaired) electrons. The lowest BCUT2D eigenvalue weighted by Gasteiger charge is -2.31. The highest BCUT2D eigenvalue weighted by Gasteiger charge is 2.28. The lowest BCUT2D eigenvalue weighted by Crippen LogP contribution is -2.40. The Labute approximate surface area is 233 Å². The van der Waals surface area contributed by atoms with E-state index in [1.54, 1.807) is 7.11 Å². The Hall–Kier alpha value is -3.84. The normalized spacial score (nSPS) is 14.0. The predicted octanol–water partition coefficient (Wildman–Crippen LogP) is 6.06. The fraction of sp³-hybridized carbons (Fsp3) is 0.323. The number of halogens is 1. The molecule has 0 spiro atoms. The molecule has 1 saturated heterocycles. The third-order valence-corrected chi connectivity index (χ3v) is 7.64. The van der Waals surface area contributed by atoms with Gasteiger partial charge in [-0.3, -0.25) is 9.59 Å². The first-order valence-corrected chi connectivity index (χ1v) is 13.7. The van der Waals surface area contributed by atoms with Gasteiger partial charge in [0.15, 0.2) is 0 Å². The second-order valence-corrected chi connectivity index (χ2v) is 10.1. The van der Waals surface area contributed by atoms with Gasteiger partial charge in [0.1, 0.15) is 11.4 Å². The number of aryl methyl sites for hydroxylation is 1. The van der Waals surface area contributed by atoms with Gasteiger partial charge in [-0.1, -0.05) is 29.8 Å². The van der Waals surface area contributed by atoms with Gasteiger partial charge in [0.25, 0.3) is 0 Å². The zero-order valence-electron chi connectivity index (χ0n) is 22.2. The Bertz CT molecular complexity index is 1470. The molecule has 0 bridgehead atoms. The van der Waals surface area contributed by atoms with Crippen LogP contribution in [0.3, 0.4) is 0 Å². The van der Waals surface area contributed by atoms with Crippen molar-refractivity contribution < 1.29 is 19.1 Å². The van der Waals surface area contributed by atoms with Crippen LogP contribution in [0.2, 0.25) is 5.02 Å². The number of ether oxygens (including phenoxy) is 2. The number of aromatic nitrogens is 2. The number of methoxy groups -OCH3 is 1. The van der Waals surface area contributed by atoms with Crippen molar-refractivity contribution in [1.82, 2.24) is 14.3 Å². The van der Waals surface area contributed by atoms with E-state index < -0.39 is 0 Å². The summed E-state index contributed by atoms with van der Waals surface area (Å²) in [6, 6.07) is 19.6. The minimum atomic E-state index is -0.159. The molecule has 0 unspecified atom stereocenters. The lowest BCUT2D eigenvalue weighted by molar-refractivity contribution is -0.151. The molecule has 202 valence electrons. The molecule has 1 fully saturated rings. The molecule has 0 N–H and O–H groups in total. The molecule has 0 aliphatic carbocycles. The number of piperidine rings is 1. The van der Waals surface area contributed by atoms with Gasteiger partial charge in [-0.15, -0.1) is 0 Å². The molecular weight excluding hydrogens is 514 g/mol. The third-order valence-electron chi connectivity index (χ3n) is 7.31. The van der Waals surface area contributed by atoms with Gasteiger partial charge in [-0.05, 0) is 74.2 Å². The van der Waals surface area contributed by atoms with Crippen molar-refractivity contribution in [1.29, 1.82) is 0 Å². The van der Waals surface area contributed by atoms with Crippen LogP contribution in [0.15, 0.2) is 66.9 Å². The van der Waals surface area contributed by atoms with Crippen LogP contribution in [0.4, 0.5) is 0 Å². The molecule has 2 aromatic heterocycles. The maximum Gasteiger partial charge on any atom is 0.309 e. The molecule has 0 atom stereocenters. The highest BCUT2D eigenvalue weighted by atomic mass is 35.5. The van der Waals surface area contributed by atoms with E-state index in [0.29, 0.717) is 50.4 Å².